The second-order valence-corrected chi connectivity index (χ2v) is 9.83. The van der Waals surface area contributed by atoms with E-state index < -0.39 is 17.9 Å². The second kappa shape index (κ2) is 23.2. The molecule has 15 heteroatoms. The van der Waals surface area contributed by atoms with Gasteiger partial charge in [0, 0.05) is 65.5 Å². The van der Waals surface area contributed by atoms with Crippen LogP contribution in [0.2, 0.25) is 0 Å². The Morgan fingerprint density at radius 3 is 1.27 bits per heavy atom. The number of hydrogen-bond acceptors (Lipinski definition) is 11. The third-order valence-corrected chi connectivity index (χ3v) is 6.33. The zero-order valence-corrected chi connectivity index (χ0v) is 24.3. The molecule has 0 unspecified atom stereocenters. The van der Waals surface area contributed by atoms with Crippen LogP contribution in [0, 0.1) is 0 Å². The van der Waals surface area contributed by atoms with Crippen molar-refractivity contribution < 1.29 is 48.7 Å². The van der Waals surface area contributed by atoms with Crippen molar-refractivity contribution in [3.63, 3.8) is 0 Å². The first kappa shape index (κ1) is 36.6. The summed E-state index contributed by atoms with van der Waals surface area (Å²) >= 11 is 0. The van der Waals surface area contributed by atoms with Crippen LogP contribution in [0.25, 0.3) is 0 Å². The summed E-state index contributed by atoms with van der Waals surface area (Å²) in [6.45, 7) is 7.58. The van der Waals surface area contributed by atoms with E-state index in [1.54, 1.807) is 14.7 Å². The highest BCUT2D eigenvalue weighted by molar-refractivity contribution is 5.78. The molecule has 0 aliphatic carbocycles. The third-order valence-electron chi connectivity index (χ3n) is 6.33. The summed E-state index contributed by atoms with van der Waals surface area (Å²) in [4.78, 5) is 53.6. The summed E-state index contributed by atoms with van der Waals surface area (Å²) in [5, 5.41) is 30.7. The van der Waals surface area contributed by atoms with Crippen LogP contribution in [-0.2, 0) is 33.4 Å². The van der Waals surface area contributed by atoms with Crippen molar-refractivity contribution in [3.8, 4) is 0 Å². The molecule has 0 saturated carbocycles. The molecule has 0 atom stereocenters. The smallest absolute Gasteiger partial charge is 0.317 e. The lowest BCUT2D eigenvalue weighted by atomic mass is 10.3. The second-order valence-electron chi connectivity index (χ2n) is 9.83. The van der Waals surface area contributed by atoms with Gasteiger partial charge in [-0.2, -0.15) is 0 Å². The summed E-state index contributed by atoms with van der Waals surface area (Å²) in [6.07, 6.45) is 2.13. The maximum atomic E-state index is 12.6. The number of ether oxygens (including phenoxy) is 3. The highest BCUT2D eigenvalue weighted by atomic mass is 16.5. The molecule has 0 aromatic rings. The van der Waals surface area contributed by atoms with E-state index in [0.717, 1.165) is 19.4 Å². The lowest BCUT2D eigenvalue weighted by Crippen LogP contribution is -2.50. The number of carbonyl (C=O) groups is 4. The van der Waals surface area contributed by atoms with Gasteiger partial charge in [-0.05, 0) is 6.42 Å². The average Bonchev–Trinajstić information content (AvgIpc) is 2.90. The van der Waals surface area contributed by atoms with E-state index in [9.17, 15) is 34.5 Å². The average molecular weight is 592 g/mol. The fourth-order valence-electron chi connectivity index (χ4n) is 4.09. The van der Waals surface area contributed by atoms with Crippen LogP contribution in [0.5, 0.6) is 0 Å². The monoisotopic (exact) mass is 591 g/mol. The van der Waals surface area contributed by atoms with Gasteiger partial charge >= 0.3 is 17.9 Å². The van der Waals surface area contributed by atoms with Crippen LogP contribution in [0.1, 0.15) is 19.8 Å². The number of nitrogens with one attached hydrogen (secondary N) is 1. The first-order valence-electron chi connectivity index (χ1n) is 14.2. The zero-order valence-electron chi connectivity index (χ0n) is 24.3. The van der Waals surface area contributed by atoms with Crippen molar-refractivity contribution in [2.75, 3.05) is 125 Å². The van der Waals surface area contributed by atoms with Crippen molar-refractivity contribution in [2.24, 2.45) is 0 Å². The van der Waals surface area contributed by atoms with Crippen molar-refractivity contribution in [1.82, 2.24) is 24.9 Å². The van der Waals surface area contributed by atoms with Gasteiger partial charge in [0.15, 0.2) is 0 Å². The predicted octanol–water partition coefficient (Wildman–Crippen LogP) is -1.57. The van der Waals surface area contributed by atoms with Crippen LogP contribution in [0.4, 0.5) is 0 Å². The van der Waals surface area contributed by atoms with Crippen molar-refractivity contribution in [1.29, 1.82) is 0 Å². The number of amides is 1. The van der Waals surface area contributed by atoms with Gasteiger partial charge in [-0.25, -0.2) is 0 Å². The number of aliphatic carboxylic acids is 3. The molecular weight excluding hydrogens is 542 g/mol. The molecule has 0 aromatic heterocycles. The molecule has 41 heavy (non-hydrogen) atoms. The molecule has 1 aliphatic heterocycles. The van der Waals surface area contributed by atoms with Crippen LogP contribution < -0.4 is 5.32 Å². The summed E-state index contributed by atoms with van der Waals surface area (Å²) < 4.78 is 16.3. The molecule has 0 spiro atoms. The molecule has 238 valence electrons. The molecule has 0 radical (unpaired) electrons. The van der Waals surface area contributed by atoms with Gasteiger partial charge in [0.25, 0.3) is 0 Å². The predicted molar refractivity (Wildman–Crippen MR) is 149 cm³/mol. The van der Waals surface area contributed by atoms with E-state index in [1.807, 2.05) is 4.90 Å². The quantitative estimate of drug-likeness (QED) is 0.119. The number of carboxylic acid groups (broad SMARTS) is 3. The fraction of sp³-hybridized carbons (Fsp3) is 0.846. The van der Waals surface area contributed by atoms with E-state index in [4.69, 9.17) is 14.2 Å². The molecule has 0 aromatic carbocycles. The topological polar surface area (TPSA) is 182 Å². The lowest BCUT2D eigenvalue weighted by molar-refractivity contribution is -0.140. The lowest BCUT2D eigenvalue weighted by Gasteiger charge is -2.32. The van der Waals surface area contributed by atoms with Gasteiger partial charge in [-0.3, -0.25) is 38.8 Å². The SMILES string of the molecule is CCCCOCCOCCOCCNC(=O)CN1CCN(CC(=O)O)CCN(CC(=O)O)CCN(CC(=O)O)CC1. The summed E-state index contributed by atoms with van der Waals surface area (Å²) in [6, 6.07) is 0. The minimum absolute atomic E-state index is 0.0636. The molecular formula is C26H49N5O10. The molecule has 1 rings (SSSR count). The summed E-state index contributed by atoms with van der Waals surface area (Å²) in [5.41, 5.74) is 0. The standard InChI is InChI=1S/C26H49N5O10/c1-2-3-13-39-15-17-41-18-16-40-14-4-27-23(32)19-28-5-7-29(20-24(33)34)9-11-31(22-26(37)38)12-10-30(8-6-28)21-25(35)36/h2-22H2,1H3,(H,27,32)(H,33,34)(H,35,36)(H,37,38). The number of rotatable bonds is 20. The summed E-state index contributed by atoms with van der Waals surface area (Å²) in [7, 11) is 0. The number of nitrogens with zero attached hydrogens (tertiary/aromatic N) is 4. The van der Waals surface area contributed by atoms with E-state index in [-0.39, 0.29) is 32.1 Å². The Bertz CT molecular complexity index is 728. The van der Waals surface area contributed by atoms with Crippen LogP contribution >= 0.6 is 0 Å². The first-order chi connectivity index (χ1) is 19.7. The normalized spacial score (nSPS) is 17.0. The van der Waals surface area contributed by atoms with Crippen molar-refractivity contribution >= 4 is 23.8 Å². The van der Waals surface area contributed by atoms with E-state index >= 15 is 0 Å². The molecule has 1 aliphatic rings. The zero-order chi connectivity index (χ0) is 30.3. The van der Waals surface area contributed by atoms with Gasteiger partial charge < -0.3 is 34.8 Å². The molecule has 4 N–H and O–H groups in total. The summed E-state index contributed by atoms with van der Waals surface area (Å²) in [5.74, 6) is -3.22. The molecule has 15 nitrogen and oxygen atoms in total. The number of carboxylic acids is 3. The Morgan fingerprint density at radius 2 is 0.902 bits per heavy atom. The Morgan fingerprint density at radius 1 is 0.561 bits per heavy atom. The van der Waals surface area contributed by atoms with Gasteiger partial charge in [-0.1, -0.05) is 13.3 Å². The minimum Gasteiger partial charge on any atom is -0.480 e. The highest BCUT2D eigenvalue weighted by Gasteiger charge is 2.21. The largest absolute Gasteiger partial charge is 0.480 e. The Kier molecular flexibility index (Phi) is 20.7. The number of carbonyl (C=O) groups excluding carboxylic acids is 1. The molecule has 1 heterocycles. The first-order valence-corrected chi connectivity index (χ1v) is 14.2. The molecule has 0 bridgehead atoms. The Balaban J connectivity index is 2.53. The van der Waals surface area contributed by atoms with Crippen molar-refractivity contribution in [3.05, 3.63) is 0 Å². The minimum atomic E-state index is -1.01. The van der Waals surface area contributed by atoms with Gasteiger partial charge in [-0.15, -0.1) is 0 Å². The van der Waals surface area contributed by atoms with E-state index in [2.05, 4.69) is 12.2 Å². The fourth-order valence-corrected chi connectivity index (χ4v) is 4.09. The van der Waals surface area contributed by atoms with Gasteiger partial charge in [0.05, 0.1) is 59.2 Å². The molecule has 1 saturated heterocycles. The maximum absolute atomic E-state index is 12.6. The third kappa shape index (κ3) is 21.0. The maximum Gasteiger partial charge on any atom is 0.317 e. The Hall–Kier alpha value is -2.40. The molecule has 1 amide bonds. The van der Waals surface area contributed by atoms with Gasteiger partial charge in [0.2, 0.25) is 5.91 Å². The van der Waals surface area contributed by atoms with Gasteiger partial charge in [0.1, 0.15) is 0 Å². The van der Waals surface area contributed by atoms with E-state index in [0.29, 0.717) is 91.9 Å². The number of unbranched alkanes of at least 4 members (excludes halogenated alkanes) is 1. The van der Waals surface area contributed by atoms with Crippen LogP contribution in [0.3, 0.4) is 0 Å². The van der Waals surface area contributed by atoms with Crippen LogP contribution in [0.15, 0.2) is 0 Å². The Labute approximate surface area is 242 Å². The number of hydrogen-bond donors (Lipinski definition) is 4. The highest BCUT2D eigenvalue weighted by Crippen LogP contribution is 2.01. The van der Waals surface area contributed by atoms with E-state index in [1.165, 1.54) is 0 Å². The molecule has 1 fully saturated rings. The van der Waals surface area contributed by atoms with Crippen LogP contribution in [-0.4, -0.2) is 183 Å². The van der Waals surface area contributed by atoms with Crippen molar-refractivity contribution in [2.45, 2.75) is 19.8 Å².